The Bertz CT molecular complexity index is 269. The van der Waals surface area contributed by atoms with Gasteiger partial charge in [0.2, 0.25) is 0 Å². The minimum Gasteiger partial charge on any atom is -0.467 e. The van der Waals surface area contributed by atoms with Crippen molar-refractivity contribution in [1.29, 1.82) is 0 Å². The number of nitrogens with two attached hydrogens (primary N) is 1. The molecule has 0 aliphatic rings. The van der Waals surface area contributed by atoms with Crippen LogP contribution in [0.5, 0.6) is 0 Å². The molecule has 0 aliphatic heterocycles. The molecular formula is C7H11N3O2. The van der Waals surface area contributed by atoms with E-state index in [4.69, 9.17) is 10.3 Å². The summed E-state index contributed by atoms with van der Waals surface area (Å²) >= 11 is 0. The van der Waals surface area contributed by atoms with Gasteiger partial charge in [-0.15, -0.1) is 0 Å². The first-order chi connectivity index (χ1) is 5.74. The maximum atomic E-state index is 10.6. The van der Waals surface area contributed by atoms with Gasteiger partial charge in [0.05, 0.1) is 12.8 Å². The summed E-state index contributed by atoms with van der Waals surface area (Å²) in [7, 11) is 0. The Morgan fingerprint density at radius 3 is 3.00 bits per heavy atom. The van der Waals surface area contributed by atoms with Crippen LogP contribution in [0, 0.1) is 6.92 Å². The average Bonchev–Trinajstić information content (AvgIpc) is 2.47. The Morgan fingerprint density at radius 2 is 2.50 bits per heavy atom. The minimum absolute atomic E-state index is 0.349. The number of amides is 2. The zero-order valence-electron chi connectivity index (χ0n) is 6.76. The van der Waals surface area contributed by atoms with Crippen LogP contribution in [0.3, 0.4) is 0 Å². The van der Waals surface area contributed by atoms with Crippen molar-refractivity contribution < 1.29 is 9.21 Å². The largest absolute Gasteiger partial charge is 0.467 e. The second-order valence-electron chi connectivity index (χ2n) is 2.35. The number of carbonyl (C=O) groups is 1. The maximum Gasteiger partial charge on any atom is 0.329 e. The van der Waals surface area contributed by atoms with Crippen LogP contribution in [0.1, 0.15) is 11.3 Å². The SMILES string of the molecule is Cc1ccoc1CNC(=O)NN. The van der Waals surface area contributed by atoms with E-state index >= 15 is 0 Å². The van der Waals surface area contributed by atoms with Crippen molar-refractivity contribution in [2.24, 2.45) is 5.84 Å². The van der Waals surface area contributed by atoms with Gasteiger partial charge in [-0.05, 0) is 18.6 Å². The Balaban J connectivity index is 2.43. The van der Waals surface area contributed by atoms with Crippen molar-refractivity contribution in [2.75, 3.05) is 0 Å². The van der Waals surface area contributed by atoms with Gasteiger partial charge in [0.25, 0.3) is 0 Å². The number of furan rings is 1. The molecule has 12 heavy (non-hydrogen) atoms. The molecule has 66 valence electrons. The number of rotatable bonds is 2. The summed E-state index contributed by atoms with van der Waals surface area (Å²) in [6, 6.07) is 1.41. The lowest BCUT2D eigenvalue weighted by atomic mass is 10.3. The average molecular weight is 169 g/mol. The van der Waals surface area contributed by atoms with Crippen molar-refractivity contribution in [3.05, 3.63) is 23.7 Å². The van der Waals surface area contributed by atoms with Gasteiger partial charge in [0.1, 0.15) is 5.76 Å². The molecule has 5 nitrogen and oxygen atoms in total. The van der Waals surface area contributed by atoms with Crippen LogP contribution in [0.15, 0.2) is 16.7 Å². The van der Waals surface area contributed by atoms with E-state index in [2.05, 4.69) is 5.32 Å². The molecule has 0 saturated carbocycles. The molecular weight excluding hydrogens is 158 g/mol. The summed E-state index contributed by atoms with van der Waals surface area (Å²) in [5.74, 6) is 5.59. The molecule has 0 aliphatic carbocycles. The lowest BCUT2D eigenvalue weighted by molar-refractivity contribution is 0.240. The Morgan fingerprint density at radius 1 is 1.75 bits per heavy atom. The summed E-state index contributed by atoms with van der Waals surface area (Å²) in [6.45, 7) is 2.25. The molecule has 0 bridgehead atoms. The summed E-state index contributed by atoms with van der Waals surface area (Å²) in [5, 5.41) is 2.51. The Kier molecular flexibility index (Phi) is 2.71. The number of nitrogens with one attached hydrogen (secondary N) is 2. The van der Waals surface area contributed by atoms with E-state index in [1.807, 2.05) is 18.4 Å². The topological polar surface area (TPSA) is 80.3 Å². The van der Waals surface area contributed by atoms with Crippen molar-refractivity contribution in [3.63, 3.8) is 0 Å². The van der Waals surface area contributed by atoms with Crippen molar-refractivity contribution in [3.8, 4) is 0 Å². The molecule has 1 aromatic heterocycles. The van der Waals surface area contributed by atoms with Gasteiger partial charge >= 0.3 is 6.03 Å². The summed E-state index contributed by atoms with van der Waals surface area (Å²) in [4.78, 5) is 10.6. The molecule has 0 radical (unpaired) electrons. The van der Waals surface area contributed by atoms with Crippen LogP contribution < -0.4 is 16.6 Å². The highest BCUT2D eigenvalue weighted by Gasteiger charge is 2.02. The first kappa shape index (κ1) is 8.61. The van der Waals surface area contributed by atoms with Crippen LogP contribution >= 0.6 is 0 Å². The Labute approximate surface area is 69.9 Å². The first-order valence-corrected chi connectivity index (χ1v) is 3.51. The summed E-state index contributed by atoms with van der Waals surface area (Å²) in [5.41, 5.74) is 2.96. The van der Waals surface area contributed by atoms with E-state index in [-0.39, 0.29) is 0 Å². The van der Waals surface area contributed by atoms with E-state index in [9.17, 15) is 4.79 Å². The zero-order chi connectivity index (χ0) is 8.97. The van der Waals surface area contributed by atoms with E-state index in [1.54, 1.807) is 6.26 Å². The van der Waals surface area contributed by atoms with Crippen LogP contribution in [0.2, 0.25) is 0 Å². The highest BCUT2D eigenvalue weighted by Crippen LogP contribution is 2.07. The molecule has 1 aromatic rings. The molecule has 0 saturated heterocycles. The standard InChI is InChI=1S/C7H11N3O2/c1-5-2-3-12-6(5)4-9-7(11)10-8/h2-3H,4,8H2,1H3,(H2,9,10,11). The third-order valence-corrected chi connectivity index (χ3v) is 1.51. The molecule has 1 rings (SSSR count). The smallest absolute Gasteiger partial charge is 0.329 e. The normalized spacial score (nSPS) is 9.50. The number of carbonyl (C=O) groups excluding carboxylic acids is 1. The monoisotopic (exact) mass is 169 g/mol. The predicted molar refractivity (Wildman–Crippen MR) is 43.0 cm³/mol. The summed E-state index contributed by atoms with van der Waals surface area (Å²) < 4.78 is 5.08. The fourth-order valence-corrected chi connectivity index (χ4v) is 0.797. The molecule has 2 amide bonds. The number of hydrogen-bond donors (Lipinski definition) is 3. The van der Waals surface area contributed by atoms with Crippen molar-refractivity contribution in [2.45, 2.75) is 13.5 Å². The lowest BCUT2D eigenvalue weighted by Gasteiger charge is -2.01. The minimum atomic E-state index is -0.425. The molecule has 0 unspecified atom stereocenters. The van der Waals surface area contributed by atoms with Gasteiger partial charge in [-0.3, -0.25) is 5.43 Å². The molecule has 0 aromatic carbocycles. The van der Waals surface area contributed by atoms with Crippen molar-refractivity contribution >= 4 is 6.03 Å². The second kappa shape index (κ2) is 3.77. The fraction of sp³-hybridized carbons (Fsp3) is 0.286. The fourth-order valence-electron chi connectivity index (χ4n) is 0.797. The molecule has 5 heteroatoms. The number of hydrazine groups is 1. The maximum absolute atomic E-state index is 10.6. The van der Waals surface area contributed by atoms with Gasteiger partial charge in [-0.25, -0.2) is 10.6 Å². The summed E-state index contributed by atoms with van der Waals surface area (Å²) in [6.07, 6.45) is 1.58. The molecule has 4 N–H and O–H groups in total. The highest BCUT2D eigenvalue weighted by molar-refractivity contribution is 5.72. The second-order valence-corrected chi connectivity index (χ2v) is 2.35. The van der Waals surface area contributed by atoms with Gasteiger partial charge in [-0.1, -0.05) is 0 Å². The molecule has 0 fully saturated rings. The zero-order valence-corrected chi connectivity index (χ0v) is 6.76. The van der Waals surface area contributed by atoms with Gasteiger partial charge < -0.3 is 9.73 Å². The highest BCUT2D eigenvalue weighted by atomic mass is 16.3. The quantitative estimate of drug-likeness (QED) is 0.337. The van der Waals surface area contributed by atoms with E-state index < -0.39 is 6.03 Å². The van der Waals surface area contributed by atoms with E-state index in [0.29, 0.717) is 6.54 Å². The van der Waals surface area contributed by atoms with Gasteiger partial charge in [0, 0.05) is 0 Å². The van der Waals surface area contributed by atoms with Gasteiger partial charge in [-0.2, -0.15) is 0 Å². The molecule has 0 atom stereocenters. The molecule has 1 heterocycles. The number of urea groups is 1. The first-order valence-electron chi connectivity index (χ1n) is 3.51. The lowest BCUT2D eigenvalue weighted by Crippen LogP contribution is -2.39. The van der Waals surface area contributed by atoms with Gasteiger partial charge in [0.15, 0.2) is 0 Å². The third-order valence-electron chi connectivity index (χ3n) is 1.51. The van der Waals surface area contributed by atoms with Crippen molar-refractivity contribution in [1.82, 2.24) is 10.7 Å². The third kappa shape index (κ3) is 2.00. The van der Waals surface area contributed by atoms with Crippen LogP contribution in [0.25, 0.3) is 0 Å². The van der Waals surface area contributed by atoms with E-state index in [1.165, 1.54) is 0 Å². The molecule has 0 spiro atoms. The van der Waals surface area contributed by atoms with Crippen LogP contribution in [0.4, 0.5) is 4.79 Å². The van der Waals surface area contributed by atoms with Crippen LogP contribution in [-0.2, 0) is 6.54 Å². The number of aryl methyl sites for hydroxylation is 1. The van der Waals surface area contributed by atoms with Crippen LogP contribution in [-0.4, -0.2) is 6.03 Å². The van der Waals surface area contributed by atoms with E-state index in [0.717, 1.165) is 11.3 Å². The number of hydrogen-bond acceptors (Lipinski definition) is 3. The predicted octanol–water partition coefficient (Wildman–Crippen LogP) is 0.261. The Hall–Kier alpha value is -1.49.